The average molecular weight is 403 g/mol. The van der Waals surface area contributed by atoms with Crippen molar-refractivity contribution in [3.8, 4) is 11.1 Å². The van der Waals surface area contributed by atoms with Crippen molar-refractivity contribution in [2.45, 2.75) is 31.1 Å². The number of hydrogen-bond acceptors (Lipinski definition) is 4. The molecule has 0 saturated carbocycles. The molecule has 8 heteroatoms. The van der Waals surface area contributed by atoms with E-state index in [1.807, 2.05) is 48.5 Å². The predicted molar refractivity (Wildman–Crippen MR) is 98.7 cm³/mol. The normalized spacial score (nSPS) is 20.6. The first-order valence-corrected chi connectivity index (χ1v) is 9.23. The highest BCUT2D eigenvalue weighted by Gasteiger charge is 2.42. The van der Waals surface area contributed by atoms with Crippen molar-refractivity contribution in [3.63, 3.8) is 0 Å². The number of fused-ring (bicyclic) bond motifs is 3. The van der Waals surface area contributed by atoms with Crippen LogP contribution in [-0.4, -0.2) is 54.0 Å². The van der Waals surface area contributed by atoms with Crippen LogP contribution in [0.3, 0.4) is 0 Å². The van der Waals surface area contributed by atoms with Gasteiger partial charge in [0, 0.05) is 12.3 Å². The van der Waals surface area contributed by atoms with E-state index >= 15 is 0 Å². The third kappa shape index (κ3) is 3.67. The highest BCUT2D eigenvalue weighted by atomic mass is 19.3. The molecule has 4 rings (SSSR count). The van der Waals surface area contributed by atoms with Gasteiger partial charge >= 0.3 is 18.7 Å². The minimum absolute atomic E-state index is 0.0239. The summed E-state index contributed by atoms with van der Waals surface area (Å²) in [6, 6.07) is 14.4. The maximum absolute atomic E-state index is 12.6. The van der Waals surface area contributed by atoms with E-state index in [1.165, 1.54) is 0 Å². The van der Waals surface area contributed by atoms with Crippen molar-refractivity contribution in [2.75, 3.05) is 13.2 Å². The first-order valence-electron chi connectivity index (χ1n) is 9.23. The van der Waals surface area contributed by atoms with Crippen LogP contribution >= 0.6 is 0 Å². The van der Waals surface area contributed by atoms with Crippen molar-refractivity contribution in [1.82, 2.24) is 4.90 Å². The predicted octanol–water partition coefficient (Wildman–Crippen LogP) is 3.70. The molecule has 6 nitrogen and oxygen atoms in total. The van der Waals surface area contributed by atoms with Gasteiger partial charge in [-0.1, -0.05) is 48.5 Å². The van der Waals surface area contributed by atoms with Crippen molar-refractivity contribution < 1.29 is 33.0 Å². The second kappa shape index (κ2) is 7.79. The van der Waals surface area contributed by atoms with Crippen LogP contribution in [0.4, 0.5) is 13.6 Å². The van der Waals surface area contributed by atoms with Gasteiger partial charge in [-0.05, 0) is 22.3 Å². The van der Waals surface area contributed by atoms with Crippen LogP contribution in [0.1, 0.15) is 23.5 Å². The molecule has 1 heterocycles. The molecule has 0 bridgehead atoms. The summed E-state index contributed by atoms with van der Waals surface area (Å²) in [4.78, 5) is 25.0. The fourth-order valence-corrected chi connectivity index (χ4v) is 4.15. The highest BCUT2D eigenvalue weighted by Crippen LogP contribution is 2.44. The number of alkyl halides is 2. The Morgan fingerprint density at radius 2 is 1.66 bits per heavy atom. The van der Waals surface area contributed by atoms with Crippen LogP contribution < -0.4 is 0 Å². The second-order valence-electron chi connectivity index (χ2n) is 7.06. The van der Waals surface area contributed by atoms with Gasteiger partial charge in [0.2, 0.25) is 0 Å². The van der Waals surface area contributed by atoms with E-state index in [9.17, 15) is 23.5 Å². The fraction of sp³-hybridized carbons (Fsp3) is 0.333. The van der Waals surface area contributed by atoms with Crippen molar-refractivity contribution in [2.24, 2.45) is 0 Å². The zero-order chi connectivity index (χ0) is 20.5. The number of carbonyl (C=O) groups is 2. The number of rotatable bonds is 5. The van der Waals surface area contributed by atoms with E-state index in [0.717, 1.165) is 27.2 Å². The van der Waals surface area contributed by atoms with Crippen LogP contribution in [0.15, 0.2) is 48.5 Å². The van der Waals surface area contributed by atoms with Crippen molar-refractivity contribution in [3.05, 3.63) is 59.7 Å². The number of nitrogens with zero attached hydrogens (tertiary/aromatic N) is 1. The number of ether oxygens (including phenoxy) is 2. The van der Waals surface area contributed by atoms with E-state index in [-0.39, 0.29) is 25.5 Å². The first-order chi connectivity index (χ1) is 14.0. The largest absolute Gasteiger partial charge is 0.480 e. The van der Waals surface area contributed by atoms with Crippen LogP contribution in [0.2, 0.25) is 0 Å². The molecule has 0 aromatic heterocycles. The van der Waals surface area contributed by atoms with Crippen molar-refractivity contribution >= 4 is 12.1 Å². The number of carboxylic acids is 1. The summed E-state index contributed by atoms with van der Waals surface area (Å²) in [7, 11) is 0. The lowest BCUT2D eigenvalue weighted by Crippen LogP contribution is -2.41. The van der Waals surface area contributed by atoms with Gasteiger partial charge in [-0.2, -0.15) is 8.78 Å². The van der Waals surface area contributed by atoms with Gasteiger partial charge in [0.25, 0.3) is 0 Å². The Morgan fingerprint density at radius 3 is 2.21 bits per heavy atom. The van der Waals surface area contributed by atoms with E-state index in [4.69, 9.17) is 4.74 Å². The van der Waals surface area contributed by atoms with E-state index < -0.39 is 30.8 Å². The number of halogens is 2. The van der Waals surface area contributed by atoms with E-state index in [1.54, 1.807) is 0 Å². The molecule has 1 amide bonds. The molecule has 2 atom stereocenters. The molecule has 29 heavy (non-hydrogen) atoms. The summed E-state index contributed by atoms with van der Waals surface area (Å²) in [5.74, 6) is -1.45. The van der Waals surface area contributed by atoms with Gasteiger partial charge in [0.05, 0.1) is 12.6 Å². The molecule has 1 saturated heterocycles. The Hall–Kier alpha value is -3.00. The average Bonchev–Trinajstić information content (AvgIpc) is 3.25. The zero-order valence-electron chi connectivity index (χ0n) is 15.3. The monoisotopic (exact) mass is 403 g/mol. The molecule has 0 spiro atoms. The number of carboxylic acid groups (broad SMARTS) is 1. The third-order valence-electron chi connectivity index (χ3n) is 5.41. The van der Waals surface area contributed by atoms with Crippen LogP contribution in [-0.2, 0) is 14.3 Å². The number of likely N-dealkylation sites (tertiary alicyclic amines) is 1. The molecule has 0 radical (unpaired) electrons. The standard InChI is InChI=1S/C21H19F2NO5/c22-20(23)29-12-9-18(19(25)26)24(10-12)21(27)28-11-17-15-7-3-1-5-13(15)14-6-2-4-8-16(14)17/h1-8,12,17-18,20H,9-11H2,(H,25,26)/t12-,18+/m0/s1. The Bertz CT molecular complexity index is 889. The van der Waals surface area contributed by atoms with Gasteiger partial charge < -0.3 is 14.6 Å². The Kier molecular flexibility index (Phi) is 5.19. The van der Waals surface area contributed by atoms with Crippen LogP contribution in [0.5, 0.6) is 0 Å². The van der Waals surface area contributed by atoms with Gasteiger partial charge in [0.15, 0.2) is 0 Å². The summed E-state index contributed by atoms with van der Waals surface area (Å²) < 4.78 is 34.8. The maximum Gasteiger partial charge on any atom is 0.410 e. The Labute approximate surface area is 165 Å². The smallest absolute Gasteiger partial charge is 0.410 e. The maximum atomic E-state index is 12.6. The lowest BCUT2D eigenvalue weighted by molar-refractivity contribution is -0.159. The zero-order valence-corrected chi connectivity index (χ0v) is 15.3. The van der Waals surface area contributed by atoms with Crippen LogP contribution in [0.25, 0.3) is 11.1 Å². The molecular weight excluding hydrogens is 384 g/mol. The summed E-state index contributed by atoms with van der Waals surface area (Å²) in [5, 5.41) is 9.33. The molecule has 152 valence electrons. The molecule has 1 aliphatic heterocycles. The lowest BCUT2D eigenvalue weighted by Gasteiger charge is -2.22. The summed E-state index contributed by atoms with van der Waals surface area (Å²) >= 11 is 0. The minimum atomic E-state index is -3.03. The molecule has 1 aliphatic carbocycles. The molecule has 1 fully saturated rings. The quantitative estimate of drug-likeness (QED) is 0.824. The summed E-state index contributed by atoms with van der Waals surface area (Å²) in [6.07, 6.45) is -2.10. The van der Waals surface area contributed by atoms with Gasteiger partial charge in [-0.15, -0.1) is 0 Å². The molecular formula is C21H19F2NO5. The van der Waals surface area contributed by atoms with E-state index in [0.29, 0.717) is 0 Å². The third-order valence-corrected chi connectivity index (χ3v) is 5.41. The molecule has 2 aromatic rings. The number of carbonyl (C=O) groups excluding carboxylic acids is 1. The number of benzene rings is 2. The fourth-order valence-electron chi connectivity index (χ4n) is 4.15. The van der Waals surface area contributed by atoms with E-state index in [2.05, 4.69) is 4.74 Å². The molecule has 1 N–H and O–H groups in total. The minimum Gasteiger partial charge on any atom is -0.480 e. The van der Waals surface area contributed by atoms with Gasteiger partial charge in [0.1, 0.15) is 12.6 Å². The number of amides is 1. The van der Waals surface area contributed by atoms with Gasteiger partial charge in [-0.25, -0.2) is 9.59 Å². The Balaban J connectivity index is 1.49. The van der Waals surface area contributed by atoms with Gasteiger partial charge in [-0.3, -0.25) is 4.90 Å². The summed E-state index contributed by atoms with van der Waals surface area (Å²) in [6.45, 7) is -3.26. The first kappa shape index (κ1) is 19.3. The number of aliphatic carboxylic acids is 1. The highest BCUT2D eigenvalue weighted by molar-refractivity contribution is 5.81. The molecule has 0 unspecified atom stereocenters. The number of hydrogen-bond donors (Lipinski definition) is 1. The molecule has 2 aliphatic rings. The SMILES string of the molecule is O=C(O)[C@H]1C[C@H](OC(F)F)CN1C(=O)OCC1c2ccccc2-c2ccccc21. The lowest BCUT2D eigenvalue weighted by atomic mass is 9.98. The summed E-state index contributed by atoms with van der Waals surface area (Å²) in [5.41, 5.74) is 4.19. The van der Waals surface area contributed by atoms with Crippen LogP contribution in [0, 0.1) is 0 Å². The molecule has 2 aromatic carbocycles. The topological polar surface area (TPSA) is 76.1 Å². The van der Waals surface area contributed by atoms with Crippen molar-refractivity contribution in [1.29, 1.82) is 0 Å². The second-order valence-corrected chi connectivity index (χ2v) is 7.06. The Morgan fingerprint density at radius 1 is 1.07 bits per heavy atom.